The van der Waals surface area contributed by atoms with Crippen LogP contribution >= 0.6 is 0 Å². The molecule has 0 bridgehead atoms. The third kappa shape index (κ3) is 4.37. The maximum Gasteiger partial charge on any atom is 0.416 e. The van der Waals surface area contributed by atoms with E-state index in [4.69, 9.17) is 14.4 Å². The monoisotopic (exact) mass is 426 g/mol. The van der Waals surface area contributed by atoms with Gasteiger partial charge in [-0.25, -0.2) is 0 Å². The number of ether oxygens (including phenoxy) is 1. The summed E-state index contributed by atoms with van der Waals surface area (Å²) < 4.78 is 51.0. The molecule has 0 saturated carbocycles. The molecule has 0 atom stereocenters. The Balaban J connectivity index is 1.59. The smallest absolute Gasteiger partial charge is 0.416 e. The number of nitriles is 1. The number of nitrogens with zero attached hydrogens (tertiary/aromatic N) is 5. The first kappa shape index (κ1) is 20.1. The summed E-state index contributed by atoms with van der Waals surface area (Å²) >= 11 is 0. The second kappa shape index (κ2) is 7.91. The predicted molar refractivity (Wildman–Crippen MR) is 100 cm³/mol. The maximum absolute atomic E-state index is 13.3. The molecule has 2 aromatic carbocycles. The SMILES string of the molecule is Cc1ccc(-c2nnc(COc3cc(-c4n[nH]nc4C#N)cc(C(F)(F)F)c3)o2)cc1. The van der Waals surface area contributed by atoms with E-state index in [1.54, 1.807) is 6.07 Å². The fourth-order valence-corrected chi connectivity index (χ4v) is 2.76. The molecule has 0 radical (unpaired) electrons. The van der Waals surface area contributed by atoms with Crippen LogP contribution < -0.4 is 4.74 Å². The zero-order valence-corrected chi connectivity index (χ0v) is 15.9. The van der Waals surface area contributed by atoms with E-state index in [9.17, 15) is 13.2 Å². The summed E-state index contributed by atoms with van der Waals surface area (Å²) in [4.78, 5) is 0. The van der Waals surface area contributed by atoms with Gasteiger partial charge in [0.05, 0.1) is 5.56 Å². The molecular weight excluding hydrogens is 413 g/mol. The largest absolute Gasteiger partial charge is 0.484 e. The molecule has 156 valence electrons. The highest BCUT2D eigenvalue weighted by molar-refractivity contribution is 5.67. The van der Waals surface area contributed by atoms with Crippen molar-refractivity contribution in [3.05, 3.63) is 65.2 Å². The molecule has 0 aliphatic carbocycles. The van der Waals surface area contributed by atoms with Gasteiger partial charge in [0.2, 0.25) is 5.89 Å². The standard InChI is InChI=1S/C20H13F3N6O2/c1-11-2-4-12(5-3-11)19-28-26-17(31-19)10-30-15-7-13(6-14(8-15)20(21,22)23)18-16(9-24)25-29-27-18/h2-8H,10H2,1H3,(H,25,27,29). The third-order valence-electron chi connectivity index (χ3n) is 4.29. The first-order valence-electron chi connectivity index (χ1n) is 8.89. The highest BCUT2D eigenvalue weighted by atomic mass is 19.4. The lowest BCUT2D eigenvalue weighted by molar-refractivity contribution is -0.137. The molecule has 4 aromatic rings. The van der Waals surface area contributed by atoms with Crippen molar-refractivity contribution in [3.8, 4) is 34.5 Å². The Morgan fingerprint density at radius 2 is 1.84 bits per heavy atom. The molecule has 0 saturated heterocycles. The average Bonchev–Trinajstić information content (AvgIpc) is 3.41. The number of hydrogen-bond acceptors (Lipinski definition) is 7. The van der Waals surface area contributed by atoms with Gasteiger partial charge in [0.25, 0.3) is 5.89 Å². The molecule has 0 spiro atoms. The van der Waals surface area contributed by atoms with Gasteiger partial charge in [-0.1, -0.05) is 17.7 Å². The molecule has 0 unspecified atom stereocenters. The van der Waals surface area contributed by atoms with Gasteiger partial charge in [-0.2, -0.15) is 28.7 Å². The summed E-state index contributed by atoms with van der Waals surface area (Å²) in [7, 11) is 0. The van der Waals surface area contributed by atoms with E-state index in [0.717, 1.165) is 17.7 Å². The van der Waals surface area contributed by atoms with Crippen LogP contribution in [-0.2, 0) is 12.8 Å². The number of aryl methyl sites for hydroxylation is 1. The van der Waals surface area contributed by atoms with Gasteiger partial charge in [0.15, 0.2) is 12.3 Å². The predicted octanol–water partition coefficient (Wildman–Crippen LogP) is 4.30. The molecule has 4 rings (SSSR count). The third-order valence-corrected chi connectivity index (χ3v) is 4.29. The van der Waals surface area contributed by atoms with E-state index in [2.05, 4.69) is 25.6 Å². The van der Waals surface area contributed by atoms with Crippen LogP contribution in [-0.4, -0.2) is 25.6 Å². The molecule has 11 heteroatoms. The van der Waals surface area contributed by atoms with Crippen molar-refractivity contribution >= 4 is 0 Å². The Hall–Kier alpha value is -4.20. The van der Waals surface area contributed by atoms with Crippen LogP contribution in [0.3, 0.4) is 0 Å². The number of halogens is 3. The van der Waals surface area contributed by atoms with Crippen molar-refractivity contribution in [2.75, 3.05) is 0 Å². The van der Waals surface area contributed by atoms with Gasteiger partial charge < -0.3 is 9.15 Å². The first-order valence-corrected chi connectivity index (χ1v) is 8.89. The number of aromatic nitrogens is 5. The van der Waals surface area contributed by atoms with E-state index < -0.39 is 11.7 Å². The molecule has 0 aliphatic heterocycles. The number of hydrogen-bond donors (Lipinski definition) is 1. The molecule has 0 aliphatic rings. The quantitative estimate of drug-likeness (QED) is 0.506. The fourth-order valence-electron chi connectivity index (χ4n) is 2.76. The summed E-state index contributed by atoms with van der Waals surface area (Å²) in [6.07, 6.45) is -4.63. The number of benzene rings is 2. The Bertz CT molecular complexity index is 1260. The number of aromatic amines is 1. The van der Waals surface area contributed by atoms with Crippen LogP contribution in [0.4, 0.5) is 13.2 Å². The lowest BCUT2D eigenvalue weighted by Gasteiger charge is -2.11. The Morgan fingerprint density at radius 3 is 2.55 bits per heavy atom. The molecule has 0 amide bonds. The van der Waals surface area contributed by atoms with Crippen LogP contribution in [0.2, 0.25) is 0 Å². The van der Waals surface area contributed by atoms with Crippen molar-refractivity contribution in [1.29, 1.82) is 5.26 Å². The summed E-state index contributed by atoms with van der Waals surface area (Å²) in [6, 6.07) is 12.2. The minimum absolute atomic E-state index is 0.0158. The summed E-state index contributed by atoms with van der Waals surface area (Å²) in [5.41, 5.74) is 0.696. The van der Waals surface area contributed by atoms with Gasteiger partial charge in [-0.05, 0) is 37.3 Å². The van der Waals surface area contributed by atoms with Gasteiger partial charge >= 0.3 is 6.18 Å². The molecule has 2 heterocycles. The Kier molecular flexibility index (Phi) is 5.12. The number of alkyl halides is 3. The molecule has 1 N–H and O–H groups in total. The lowest BCUT2D eigenvalue weighted by atomic mass is 10.1. The number of nitrogens with one attached hydrogen (secondary N) is 1. The van der Waals surface area contributed by atoms with Crippen molar-refractivity contribution in [1.82, 2.24) is 25.6 Å². The maximum atomic E-state index is 13.3. The van der Waals surface area contributed by atoms with E-state index >= 15 is 0 Å². The highest BCUT2D eigenvalue weighted by Gasteiger charge is 2.32. The summed E-state index contributed by atoms with van der Waals surface area (Å²) in [5.74, 6) is 0.255. The Labute approximate surface area is 173 Å². The highest BCUT2D eigenvalue weighted by Crippen LogP contribution is 2.36. The van der Waals surface area contributed by atoms with Gasteiger partial charge in [-0.15, -0.1) is 15.3 Å². The van der Waals surface area contributed by atoms with Crippen molar-refractivity contribution < 1.29 is 22.3 Å². The van der Waals surface area contributed by atoms with E-state index in [1.807, 2.05) is 31.2 Å². The van der Waals surface area contributed by atoms with Crippen molar-refractivity contribution in [2.24, 2.45) is 0 Å². The average molecular weight is 426 g/mol. The zero-order chi connectivity index (χ0) is 22.0. The minimum Gasteiger partial charge on any atom is -0.484 e. The lowest BCUT2D eigenvalue weighted by Crippen LogP contribution is -2.06. The topological polar surface area (TPSA) is 114 Å². The molecule has 8 nitrogen and oxygen atoms in total. The number of H-pyrrole nitrogens is 1. The van der Waals surface area contributed by atoms with E-state index in [0.29, 0.717) is 5.56 Å². The van der Waals surface area contributed by atoms with Crippen LogP contribution in [0, 0.1) is 18.3 Å². The van der Waals surface area contributed by atoms with E-state index in [-0.39, 0.29) is 41.1 Å². The van der Waals surface area contributed by atoms with Gasteiger partial charge in [0, 0.05) is 11.1 Å². The van der Waals surface area contributed by atoms with Crippen LogP contribution in [0.15, 0.2) is 46.9 Å². The number of rotatable bonds is 5. The van der Waals surface area contributed by atoms with Crippen LogP contribution in [0.5, 0.6) is 5.75 Å². The van der Waals surface area contributed by atoms with Crippen LogP contribution in [0.25, 0.3) is 22.7 Å². The summed E-state index contributed by atoms with van der Waals surface area (Å²) in [6.45, 7) is 1.70. The van der Waals surface area contributed by atoms with Crippen molar-refractivity contribution in [2.45, 2.75) is 19.7 Å². The Morgan fingerprint density at radius 1 is 1.06 bits per heavy atom. The molecular formula is C20H13F3N6O2. The molecule has 2 aromatic heterocycles. The molecule has 0 fully saturated rings. The fraction of sp³-hybridized carbons (Fsp3) is 0.150. The zero-order valence-electron chi connectivity index (χ0n) is 15.9. The second-order valence-electron chi connectivity index (χ2n) is 6.53. The van der Waals surface area contributed by atoms with Gasteiger partial charge in [0.1, 0.15) is 17.5 Å². The minimum atomic E-state index is -4.63. The summed E-state index contributed by atoms with van der Waals surface area (Å²) in [5, 5.41) is 26.5. The van der Waals surface area contributed by atoms with Gasteiger partial charge in [-0.3, -0.25) is 0 Å². The van der Waals surface area contributed by atoms with Crippen molar-refractivity contribution in [3.63, 3.8) is 0 Å². The van der Waals surface area contributed by atoms with Crippen LogP contribution in [0.1, 0.15) is 22.7 Å². The van der Waals surface area contributed by atoms with E-state index in [1.165, 1.54) is 6.07 Å². The first-order chi connectivity index (χ1) is 14.8. The molecule has 31 heavy (non-hydrogen) atoms. The normalized spacial score (nSPS) is 11.3. The second-order valence-corrected chi connectivity index (χ2v) is 6.53.